The van der Waals surface area contributed by atoms with Crippen molar-refractivity contribution in [1.29, 1.82) is 0 Å². The SMILES string of the molecule is Cc1ccc(NC(=O)c2cc(Cl)ccc2F)nc1. The molecule has 0 fully saturated rings. The molecule has 0 aliphatic heterocycles. The van der Waals surface area contributed by atoms with Crippen LogP contribution in [0.25, 0.3) is 0 Å². The molecule has 92 valence electrons. The number of hydrogen-bond acceptors (Lipinski definition) is 2. The van der Waals surface area contributed by atoms with Gasteiger partial charge in [-0.05, 0) is 36.8 Å². The Morgan fingerprint density at radius 3 is 2.78 bits per heavy atom. The minimum Gasteiger partial charge on any atom is -0.306 e. The zero-order chi connectivity index (χ0) is 13.1. The molecule has 0 aliphatic rings. The minimum atomic E-state index is -0.621. The van der Waals surface area contributed by atoms with Crippen LogP contribution in [-0.2, 0) is 0 Å². The van der Waals surface area contributed by atoms with Crippen LogP contribution in [0.4, 0.5) is 10.2 Å². The van der Waals surface area contributed by atoms with Gasteiger partial charge in [-0.2, -0.15) is 0 Å². The van der Waals surface area contributed by atoms with Crippen molar-refractivity contribution in [3.05, 3.63) is 58.5 Å². The van der Waals surface area contributed by atoms with Crippen LogP contribution in [0.3, 0.4) is 0 Å². The Bertz CT molecular complexity index is 584. The number of hydrogen-bond donors (Lipinski definition) is 1. The number of nitrogens with zero attached hydrogens (tertiary/aromatic N) is 1. The van der Waals surface area contributed by atoms with Gasteiger partial charge in [0.15, 0.2) is 0 Å². The van der Waals surface area contributed by atoms with Crippen molar-refractivity contribution < 1.29 is 9.18 Å². The van der Waals surface area contributed by atoms with Crippen LogP contribution in [0.2, 0.25) is 5.02 Å². The average Bonchev–Trinajstić information content (AvgIpc) is 2.35. The molecular formula is C13H10ClFN2O. The molecule has 0 unspecified atom stereocenters. The highest BCUT2D eigenvalue weighted by Gasteiger charge is 2.12. The summed E-state index contributed by atoms with van der Waals surface area (Å²) < 4.78 is 13.4. The van der Waals surface area contributed by atoms with Crippen LogP contribution in [-0.4, -0.2) is 10.9 Å². The second kappa shape index (κ2) is 5.14. The maximum Gasteiger partial charge on any atom is 0.259 e. The average molecular weight is 265 g/mol. The third kappa shape index (κ3) is 2.84. The number of nitrogens with one attached hydrogen (secondary N) is 1. The molecule has 0 aliphatic carbocycles. The summed E-state index contributed by atoms with van der Waals surface area (Å²) in [6.07, 6.45) is 1.62. The quantitative estimate of drug-likeness (QED) is 0.903. The van der Waals surface area contributed by atoms with Crippen molar-refractivity contribution in [3.8, 4) is 0 Å². The van der Waals surface area contributed by atoms with Gasteiger partial charge in [-0.1, -0.05) is 17.7 Å². The van der Waals surface area contributed by atoms with E-state index >= 15 is 0 Å². The lowest BCUT2D eigenvalue weighted by Gasteiger charge is -2.06. The second-order valence-electron chi connectivity index (χ2n) is 3.80. The van der Waals surface area contributed by atoms with E-state index in [1.807, 2.05) is 6.92 Å². The first kappa shape index (κ1) is 12.5. The van der Waals surface area contributed by atoms with E-state index in [1.165, 1.54) is 12.1 Å². The third-order valence-corrected chi connectivity index (χ3v) is 2.56. The summed E-state index contributed by atoms with van der Waals surface area (Å²) >= 11 is 5.72. The highest BCUT2D eigenvalue weighted by molar-refractivity contribution is 6.31. The summed E-state index contributed by atoms with van der Waals surface area (Å²) in [6.45, 7) is 1.88. The second-order valence-corrected chi connectivity index (χ2v) is 4.24. The highest BCUT2D eigenvalue weighted by Crippen LogP contribution is 2.16. The van der Waals surface area contributed by atoms with E-state index in [1.54, 1.807) is 18.3 Å². The summed E-state index contributed by atoms with van der Waals surface area (Å²) in [4.78, 5) is 15.8. The van der Waals surface area contributed by atoms with Crippen molar-refractivity contribution in [1.82, 2.24) is 4.98 Å². The van der Waals surface area contributed by atoms with Crippen LogP contribution in [0.15, 0.2) is 36.5 Å². The lowest BCUT2D eigenvalue weighted by molar-refractivity contribution is 0.102. The van der Waals surface area contributed by atoms with E-state index in [-0.39, 0.29) is 5.56 Å². The standard InChI is InChI=1S/C13H10ClFN2O/c1-8-2-5-12(16-7-8)17-13(18)10-6-9(14)3-4-11(10)15/h2-7H,1H3,(H,16,17,18). The number of halogens is 2. The molecule has 1 amide bonds. The molecule has 0 spiro atoms. The normalized spacial score (nSPS) is 10.2. The van der Waals surface area contributed by atoms with Gasteiger partial charge >= 0.3 is 0 Å². The van der Waals surface area contributed by atoms with Gasteiger partial charge in [0.1, 0.15) is 11.6 Å². The van der Waals surface area contributed by atoms with Crippen LogP contribution in [0.5, 0.6) is 0 Å². The molecule has 1 heterocycles. The predicted molar refractivity (Wildman–Crippen MR) is 68.3 cm³/mol. The Labute approximate surface area is 109 Å². The number of carbonyl (C=O) groups is 1. The van der Waals surface area contributed by atoms with E-state index in [9.17, 15) is 9.18 Å². The Morgan fingerprint density at radius 2 is 2.11 bits per heavy atom. The van der Waals surface area contributed by atoms with Crippen molar-refractivity contribution in [2.45, 2.75) is 6.92 Å². The van der Waals surface area contributed by atoms with Crippen LogP contribution < -0.4 is 5.32 Å². The summed E-state index contributed by atoms with van der Waals surface area (Å²) in [5, 5.41) is 2.81. The monoisotopic (exact) mass is 264 g/mol. The van der Waals surface area contributed by atoms with Gasteiger partial charge in [0.05, 0.1) is 5.56 Å². The van der Waals surface area contributed by atoms with Crippen molar-refractivity contribution in [2.24, 2.45) is 0 Å². The molecule has 1 aromatic heterocycles. The van der Waals surface area contributed by atoms with Gasteiger partial charge in [0, 0.05) is 11.2 Å². The molecule has 0 bridgehead atoms. The fourth-order valence-corrected chi connectivity index (χ4v) is 1.57. The van der Waals surface area contributed by atoms with E-state index in [4.69, 9.17) is 11.6 Å². The van der Waals surface area contributed by atoms with Gasteiger partial charge in [0.25, 0.3) is 5.91 Å². The predicted octanol–water partition coefficient (Wildman–Crippen LogP) is 3.43. The van der Waals surface area contributed by atoms with Gasteiger partial charge in [-0.25, -0.2) is 9.37 Å². The number of benzene rings is 1. The number of aryl methyl sites for hydroxylation is 1. The molecule has 18 heavy (non-hydrogen) atoms. The van der Waals surface area contributed by atoms with Gasteiger partial charge in [-0.15, -0.1) is 0 Å². The number of pyridine rings is 1. The zero-order valence-electron chi connectivity index (χ0n) is 9.58. The third-order valence-electron chi connectivity index (χ3n) is 2.33. The highest BCUT2D eigenvalue weighted by atomic mass is 35.5. The van der Waals surface area contributed by atoms with Crippen molar-refractivity contribution >= 4 is 23.3 Å². The van der Waals surface area contributed by atoms with E-state index in [2.05, 4.69) is 10.3 Å². The van der Waals surface area contributed by atoms with Crippen LogP contribution >= 0.6 is 11.6 Å². The summed E-state index contributed by atoms with van der Waals surface area (Å²) in [5.74, 6) is -0.833. The molecular weight excluding hydrogens is 255 g/mol. The van der Waals surface area contributed by atoms with Gasteiger partial charge in [-0.3, -0.25) is 4.79 Å². The number of aromatic nitrogens is 1. The van der Waals surface area contributed by atoms with E-state index < -0.39 is 11.7 Å². The zero-order valence-corrected chi connectivity index (χ0v) is 10.3. The number of amides is 1. The molecule has 0 radical (unpaired) electrons. The number of rotatable bonds is 2. The maximum atomic E-state index is 13.4. The van der Waals surface area contributed by atoms with E-state index in [0.717, 1.165) is 11.6 Å². The smallest absolute Gasteiger partial charge is 0.259 e. The Balaban J connectivity index is 2.21. The molecule has 1 N–H and O–H groups in total. The summed E-state index contributed by atoms with van der Waals surface area (Å²) in [7, 11) is 0. The molecule has 5 heteroatoms. The number of carbonyl (C=O) groups excluding carboxylic acids is 1. The van der Waals surface area contributed by atoms with Crippen LogP contribution in [0, 0.1) is 12.7 Å². The van der Waals surface area contributed by atoms with Gasteiger partial charge in [0.2, 0.25) is 0 Å². The van der Waals surface area contributed by atoms with Crippen molar-refractivity contribution in [3.63, 3.8) is 0 Å². The Morgan fingerprint density at radius 1 is 1.33 bits per heavy atom. The fraction of sp³-hybridized carbons (Fsp3) is 0.0769. The van der Waals surface area contributed by atoms with Crippen molar-refractivity contribution in [2.75, 3.05) is 5.32 Å². The Hall–Kier alpha value is -1.94. The number of anilines is 1. The lowest BCUT2D eigenvalue weighted by atomic mass is 10.2. The van der Waals surface area contributed by atoms with Crippen LogP contribution in [0.1, 0.15) is 15.9 Å². The molecule has 3 nitrogen and oxygen atoms in total. The topological polar surface area (TPSA) is 42.0 Å². The molecule has 0 saturated heterocycles. The molecule has 0 saturated carbocycles. The molecule has 1 aromatic carbocycles. The lowest BCUT2D eigenvalue weighted by Crippen LogP contribution is -2.14. The minimum absolute atomic E-state index is 0.107. The Kier molecular flexibility index (Phi) is 3.58. The summed E-state index contributed by atoms with van der Waals surface area (Å²) in [5.41, 5.74) is 0.867. The first-order valence-electron chi connectivity index (χ1n) is 5.25. The first-order valence-corrected chi connectivity index (χ1v) is 5.63. The molecule has 0 atom stereocenters. The largest absolute Gasteiger partial charge is 0.306 e. The maximum absolute atomic E-state index is 13.4. The fourth-order valence-electron chi connectivity index (χ4n) is 1.40. The molecule has 2 aromatic rings. The summed E-state index contributed by atoms with van der Waals surface area (Å²) in [6, 6.07) is 7.27. The first-order chi connectivity index (χ1) is 8.56. The van der Waals surface area contributed by atoms with E-state index in [0.29, 0.717) is 10.8 Å². The van der Waals surface area contributed by atoms with Gasteiger partial charge < -0.3 is 5.32 Å². The molecule has 2 rings (SSSR count).